The van der Waals surface area contributed by atoms with Crippen LogP contribution < -0.4 is 10.2 Å². The molecule has 0 unspecified atom stereocenters. The van der Waals surface area contributed by atoms with Crippen LogP contribution in [0.5, 0.6) is 0 Å². The molecule has 1 aliphatic carbocycles. The van der Waals surface area contributed by atoms with Gasteiger partial charge in [0, 0.05) is 29.7 Å². The van der Waals surface area contributed by atoms with E-state index in [1.807, 2.05) is 54.6 Å². The molecule has 0 spiro atoms. The number of nitrogens with zero attached hydrogens (tertiary/aromatic N) is 1. The molecule has 0 fully saturated rings. The maximum atomic E-state index is 15.4. The van der Waals surface area contributed by atoms with Crippen LogP contribution in [0.4, 0.5) is 15.8 Å². The van der Waals surface area contributed by atoms with Crippen LogP contribution in [0, 0.1) is 5.82 Å². The van der Waals surface area contributed by atoms with Gasteiger partial charge in [-0.1, -0.05) is 80.4 Å². The zero-order valence-corrected chi connectivity index (χ0v) is 20.5. The number of carbonyl (C=O) groups excluding carboxylic acids is 2. The number of hydrogen-bond donors (Lipinski definition) is 1. The van der Waals surface area contributed by atoms with E-state index in [1.165, 1.54) is 6.07 Å². The molecule has 0 saturated carbocycles. The van der Waals surface area contributed by atoms with Gasteiger partial charge in [0.1, 0.15) is 5.82 Å². The number of hydrogen-bond acceptors (Lipinski definition) is 3. The van der Waals surface area contributed by atoms with Gasteiger partial charge in [0.2, 0.25) is 5.91 Å². The second kappa shape index (κ2) is 10.5. The van der Waals surface area contributed by atoms with Crippen molar-refractivity contribution in [2.75, 3.05) is 10.2 Å². The number of para-hydroxylation sites is 2. The Labute approximate surface area is 211 Å². The average molecular weight is 483 g/mol. The molecular weight excluding hydrogens is 451 g/mol. The Balaban J connectivity index is 1.68. The largest absolute Gasteiger partial charge is 0.357 e. The molecule has 0 radical (unpaired) electrons. The van der Waals surface area contributed by atoms with Crippen molar-refractivity contribution >= 4 is 23.1 Å². The summed E-state index contributed by atoms with van der Waals surface area (Å²) in [5.74, 6) is -0.550. The molecule has 3 aromatic carbocycles. The summed E-state index contributed by atoms with van der Waals surface area (Å²) >= 11 is 0. The second-order valence-corrected chi connectivity index (χ2v) is 9.62. The third kappa shape index (κ3) is 4.58. The fraction of sp³-hybridized carbons (Fsp3) is 0.290. The van der Waals surface area contributed by atoms with Gasteiger partial charge >= 0.3 is 0 Å². The molecule has 5 rings (SSSR count). The van der Waals surface area contributed by atoms with E-state index in [2.05, 4.69) is 12.2 Å². The number of Topliss-reactive ketones (excluding diaryl/α,β-unsaturated/α-hetero) is 1. The minimum absolute atomic E-state index is 0.0187. The third-order valence-corrected chi connectivity index (χ3v) is 7.22. The number of amides is 1. The molecular formula is C31H31FN2O2. The minimum atomic E-state index is -0.823. The van der Waals surface area contributed by atoms with Crippen molar-refractivity contribution in [1.82, 2.24) is 0 Å². The van der Waals surface area contributed by atoms with E-state index in [4.69, 9.17) is 0 Å². The van der Waals surface area contributed by atoms with E-state index in [9.17, 15) is 9.59 Å². The summed E-state index contributed by atoms with van der Waals surface area (Å²) in [5, 5.41) is 3.51. The van der Waals surface area contributed by atoms with E-state index in [-0.39, 0.29) is 17.6 Å². The molecule has 2 aliphatic rings. The number of rotatable bonds is 6. The standard InChI is InChI=1S/C31H31FN2O2/c1-2-3-5-18-29(36)34-27-17-11-10-16-25(27)33-26-19-22(21-12-6-4-7-13-21)20-28(35)30(26)31(34)23-14-8-9-15-24(23)32/h4,6-17,22,31,33H,2-3,5,18-20H2,1H3/t22-,31+/m0/s1. The van der Waals surface area contributed by atoms with Gasteiger partial charge < -0.3 is 5.32 Å². The predicted molar refractivity (Wildman–Crippen MR) is 141 cm³/mol. The first-order valence-corrected chi connectivity index (χ1v) is 12.8. The summed E-state index contributed by atoms with van der Waals surface area (Å²) in [6.07, 6.45) is 3.97. The summed E-state index contributed by atoms with van der Waals surface area (Å²) < 4.78 is 15.4. The number of nitrogens with one attached hydrogen (secondary N) is 1. The van der Waals surface area contributed by atoms with Crippen LogP contribution in [0.1, 0.15) is 68.5 Å². The van der Waals surface area contributed by atoms with Gasteiger partial charge in [-0.2, -0.15) is 0 Å². The lowest BCUT2D eigenvalue weighted by Crippen LogP contribution is -2.38. The van der Waals surface area contributed by atoms with E-state index in [0.717, 1.165) is 36.2 Å². The fourth-order valence-corrected chi connectivity index (χ4v) is 5.46. The number of allylic oxidation sites excluding steroid dienone is 1. The summed E-state index contributed by atoms with van der Waals surface area (Å²) in [6, 6.07) is 23.3. The van der Waals surface area contributed by atoms with Gasteiger partial charge in [0.15, 0.2) is 5.78 Å². The molecule has 0 bridgehead atoms. The molecule has 1 heterocycles. The number of carbonyl (C=O) groups is 2. The Bertz CT molecular complexity index is 1300. The van der Waals surface area contributed by atoms with Crippen LogP contribution in [0.25, 0.3) is 0 Å². The Morgan fingerprint density at radius 2 is 1.67 bits per heavy atom. The lowest BCUT2D eigenvalue weighted by atomic mass is 9.78. The Morgan fingerprint density at radius 1 is 0.944 bits per heavy atom. The normalized spacial score (nSPS) is 19.3. The Hall–Kier alpha value is -3.73. The monoisotopic (exact) mass is 482 g/mol. The van der Waals surface area contributed by atoms with Crippen molar-refractivity contribution in [3.8, 4) is 0 Å². The number of anilines is 2. The summed E-state index contributed by atoms with van der Waals surface area (Å²) in [5.41, 5.74) is 4.14. The lowest BCUT2D eigenvalue weighted by molar-refractivity contribution is -0.119. The molecule has 0 saturated heterocycles. The molecule has 3 aromatic rings. The molecule has 5 heteroatoms. The topological polar surface area (TPSA) is 49.4 Å². The van der Waals surface area contributed by atoms with Gasteiger partial charge in [0.05, 0.1) is 17.4 Å². The van der Waals surface area contributed by atoms with Crippen molar-refractivity contribution in [3.05, 3.63) is 107 Å². The van der Waals surface area contributed by atoms with Crippen LogP contribution in [-0.4, -0.2) is 11.7 Å². The summed E-state index contributed by atoms with van der Waals surface area (Å²) in [7, 11) is 0. The minimum Gasteiger partial charge on any atom is -0.357 e. The fourth-order valence-electron chi connectivity index (χ4n) is 5.46. The average Bonchev–Trinajstić information content (AvgIpc) is 3.04. The van der Waals surface area contributed by atoms with E-state index in [0.29, 0.717) is 36.1 Å². The van der Waals surface area contributed by atoms with Crippen molar-refractivity contribution < 1.29 is 14.0 Å². The third-order valence-electron chi connectivity index (χ3n) is 7.22. The molecule has 1 N–H and O–H groups in total. The highest BCUT2D eigenvalue weighted by atomic mass is 19.1. The summed E-state index contributed by atoms with van der Waals surface area (Å²) in [4.78, 5) is 29.3. The number of ketones is 1. The van der Waals surface area contributed by atoms with Crippen LogP contribution in [0.3, 0.4) is 0 Å². The first kappa shape index (κ1) is 24.0. The van der Waals surface area contributed by atoms with Crippen LogP contribution in [0.2, 0.25) is 0 Å². The van der Waals surface area contributed by atoms with Gasteiger partial charge in [0.25, 0.3) is 0 Å². The van der Waals surface area contributed by atoms with Gasteiger partial charge in [-0.25, -0.2) is 4.39 Å². The highest BCUT2D eigenvalue weighted by Gasteiger charge is 2.42. The Kier molecular flexibility index (Phi) is 6.99. The number of benzene rings is 3. The molecule has 1 aliphatic heterocycles. The predicted octanol–water partition coefficient (Wildman–Crippen LogP) is 7.31. The maximum absolute atomic E-state index is 15.4. The second-order valence-electron chi connectivity index (χ2n) is 9.62. The maximum Gasteiger partial charge on any atom is 0.227 e. The van der Waals surface area contributed by atoms with Gasteiger partial charge in [-0.3, -0.25) is 14.5 Å². The number of unbranched alkanes of at least 4 members (excludes halogenated alkanes) is 2. The number of fused-ring (bicyclic) bond motifs is 1. The molecule has 1 amide bonds. The van der Waals surface area contributed by atoms with Gasteiger partial charge in [-0.05, 0) is 42.5 Å². The highest BCUT2D eigenvalue weighted by Crippen LogP contribution is 2.48. The van der Waals surface area contributed by atoms with Crippen LogP contribution in [-0.2, 0) is 9.59 Å². The smallest absolute Gasteiger partial charge is 0.227 e. The molecule has 4 nitrogen and oxygen atoms in total. The molecule has 184 valence electrons. The van der Waals surface area contributed by atoms with E-state index >= 15 is 4.39 Å². The van der Waals surface area contributed by atoms with Crippen molar-refractivity contribution in [2.24, 2.45) is 0 Å². The van der Waals surface area contributed by atoms with Crippen molar-refractivity contribution in [1.29, 1.82) is 0 Å². The number of halogens is 1. The van der Waals surface area contributed by atoms with Crippen LogP contribution in [0.15, 0.2) is 90.1 Å². The summed E-state index contributed by atoms with van der Waals surface area (Å²) in [6.45, 7) is 2.10. The molecule has 0 aromatic heterocycles. The first-order valence-electron chi connectivity index (χ1n) is 12.8. The van der Waals surface area contributed by atoms with Gasteiger partial charge in [-0.15, -0.1) is 0 Å². The first-order chi connectivity index (χ1) is 17.6. The van der Waals surface area contributed by atoms with E-state index < -0.39 is 11.9 Å². The zero-order valence-electron chi connectivity index (χ0n) is 20.5. The van der Waals surface area contributed by atoms with Crippen molar-refractivity contribution in [3.63, 3.8) is 0 Å². The van der Waals surface area contributed by atoms with E-state index in [1.54, 1.807) is 23.1 Å². The SMILES string of the molecule is CCCCCC(=O)N1c2ccccc2NC2=C(C(=O)C[C@@H](c3ccccc3)C2)[C@H]1c1ccccc1F. The van der Waals surface area contributed by atoms with Crippen LogP contribution >= 0.6 is 0 Å². The lowest BCUT2D eigenvalue weighted by Gasteiger charge is -2.35. The quantitative estimate of drug-likeness (QED) is 0.375. The van der Waals surface area contributed by atoms with Crippen molar-refractivity contribution in [2.45, 2.75) is 57.4 Å². The molecule has 2 atom stereocenters. The zero-order chi connectivity index (χ0) is 25.1. The Morgan fingerprint density at radius 3 is 2.44 bits per heavy atom. The highest BCUT2D eigenvalue weighted by molar-refractivity contribution is 6.06. The molecule has 36 heavy (non-hydrogen) atoms.